The van der Waals surface area contributed by atoms with Gasteiger partial charge in [0.05, 0.1) is 0 Å². The Hall–Kier alpha value is -10.5. The van der Waals surface area contributed by atoms with E-state index >= 15 is 0 Å². The summed E-state index contributed by atoms with van der Waals surface area (Å²) in [6.45, 7) is -0.164. The minimum absolute atomic E-state index is 0.164. The van der Waals surface area contributed by atoms with Gasteiger partial charge >= 0.3 is 0 Å². The van der Waals surface area contributed by atoms with Crippen LogP contribution in [0.2, 0.25) is 0 Å². The molecule has 0 amide bonds. The van der Waals surface area contributed by atoms with Crippen LogP contribution in [0.3, 0.4) is 0 Å². The molecule has 0 aliphatic carbocycles. The fraction of sp³-hybridized carbons (Fsp3) is 0. The molecule has 2 aliphatic heterocycles. The molecule has 0 spiro atoms. The molecule has 2 nitrogen and oxygen atoms in total. The van der Waals surface area contributed by atoms with E-state index < -0.39 is 0 Å². The van der Waals surface area contributed by atoms with Crippen LogP contribution in [-0.2, 0) is 0 Å². The van der Waals surface area contributed by atoms with E-state index in [4.69, 9.17) is 0 Å². The van der Waals surface area contributed by atoms with Gasteiger partial charge < -0.3 is 9.80 Å². The average molecular weight is 1030 g/mol. The Morgan fingerprint density at radius 1 is 0.185 bits per heavy atom. The fourth-order valence-electron chi connectivity index (χ4n) is 12.8. The Morgan fingerprint density at radius 3 is 0.716 bits per heavy atom. The first-order valence-electron chi connectivity index (χ1n) is 28.0. The SMILES string of the molecule is c1ccc(-c2ccc(N3c4cc(-c5ccccc5)c(-c5ccccc5)cc4B4c5cc(-c6ccccc6)c(-c6ccccc6)cc5N(c5ccc(-c6ccccc6)c(-c6ccccc6)c5)c5cccc3c54)cc2-c2ccccc2)cc1. The Kier molecular flexibility index (Phi) is 12.0. The Labute approximate surface area is 474 Å². The maximum absolute atomic E-state index is 2.57. The van der Waals surface area contributed by atoms with Gasteiger partial charge in [-0.05, 0) is 154 Å². The van der Waals surface area contributed by atoms with Crippen LogP contribution < -0.4 is 26.2 Å². The molecular weight excluding hydrogens is 976 g/mol. The summed E-state index contributed by atoms with van der Waals surface area (Å²) in [4.78, 5) is 5.14. The Bertz CT molecular complexity index is 4140. The largest absolute Gasteiger partial charge is 0.311 e. The third kappa shape index (κ3) is 8.46. The van der Waals surface area contributed by atoms with Crippen molar-refractivity contribution in [2.75, 3.05) is 9.80 Å². The van der Waals surface area contributed by atoms with Gasteiger partial charge in [0.1, 0.15) is 0 Å². The summed E-state index contributed by atoms with van der Waals surface area (Å²) >= 11 is 0. The first-order valence-corrected chi connectivity index (χ1v) is 28.0. The number of nitrogens with zero attached hydrogens (tertiary/aromatic N) is 2. The topological polar surface area (TPSA) is 6.48 Å². The van der Waals surface area contributed by atoms with Gasteiger partial charge in [0.15, 0.2) is 0 Å². The zero-order valence-corrected chi connectivity index (χ0v) is 44.6. The summed E-state index contributed by atoms with van der Waals surface area (Å²) in [5.41, 5.74) is 29.5. The molecule has 0 fully saturated rings. The summed E-state index contributed by atoms with van der Waals surface area (Å²) in [5, 5.41) is 0. The maximum Gasteiger partial charge on any atom is 0.252 e. The highest BCUT2D eigenvalue weighted by Gasteiger charge is 2.44. The molecule has 0 aromatic heterocycles. The second kappa shape index (κ2) is 20.4. The van der Waals surface area contributed by atoms with Crippen molar-refractivity contribution in [3.05, 3.63) is 322 Å². The van der Waals surface area contributed by atoms with Crippen molar-refractivity contribution in [3.8, 4) is 89.0 Å². The highest BCUT2D eigenvalue weighted by atomic mass is 15.2. The van der Waals surface area contributed by atoms with E-state index in [2.05, 4.69) is 331 Å². The van der Waals surface area contributed by atoms with Crippen LogP contribution in [0.25, 0.3) is 89.0 Å². The predicted octanol–water partition coefficient (Wildman–Crippen LogP) is 19.1. The van der Waals surface area contributed by atoms with Gasteiger partial charge in [0.2, 0.25) is 0 Å². The standard InChI is InChI=1S/C78H53BN2/c1-9-26-54(27-10-1)64-46-44-62(48-66(64)56-30-13-3-14-31-56)80-74-42-25-43-75-78(74)79(72-50-68(58-34-17-5-18-35-58)70(52-76(72)80)60-38-21-7-22-39-60)73-51-69(59-36-19-6-20-37-59)71(61-40-23-8-24-41-61)53-77(73)81(75)63-45-47-65(55-28-11-2-12-29-55)67(49-63)57-32-15-4-16-33-57/h1-53H. The number of benzene rings is 13. The lowest BCUT2D eigenvalue weighted by molar-refractivity contribution is 1.25. The van der Waals surface area contributed by atoms with E-state index in [9.17, 15) is 0 Å². The van der Waals surface area contributed by atoms with Crippen molar-refractivity contribution < 1.29 is 0 Å². The van der Waals surface area contributed by atoms with Gasteiger partial charge in [-0.15, -0.1) is 0 Å². The molecule has 0 saturated heterocycles. The van der Waals surface area contributed by atoms with E-state index in [-0.39, 0.29) is 6.71 Å². The van der Waals surface area contributed by atoms with E-state index in [1.165, 1.54) is 105 Å². The predicted molar refractivity (Wildman–Crippen MR) is 344 cm³/mol. The normalized spacial score (nSPS) is 12.1. The minimum atomic E-state index is -0.164. The van der Waals surface area contributed by atoms with Gasteiger partial charge in [-0.1, -0.05) is 273 Å². The number of rotatable bonds is 10. The summed E-state index contributed by atoms with van der Waals surface area (Å²) in [6.07, 6.45) is 0. The van der Waals surface area contributed by atoms with E-state index in [0.717, 1.165) is 34.1 Å². The molecule has 81 heavy (non-hydrogen) atoms. The van der Waals surface area contributed by atoms with Crippen molar-refractivity contribution in [3.63, 3.8) is 0 Å². The maximum atomic E-state index is 2.57. The van der Waals surface area contributed by atoms with Crippen molar-refractivity contribution in [1.82, 2.24) is 0 Å². The molecule has 0 saturated carbocycles. The molecule has 0 N–H and O–H groups in total. The van der Waals surface area contributed by atoms with Gasteiger partial charge in [0.25, 0.3) is 6.71 Å². The first-order chi connectivity index (χ1) is 40.2. The zero-order chi connectivity index (χ0) is 53.6. The summed E-state index contributed by atoms with van der Waals surface area (Å²) in [6, 6.07) is 119. The minimum Gasteiger partial charge on any atom is -0.311 e. The molecule has 0 radical (unpaired) electrons. The van der Waals surface area contributed by atoms with Gasteiger partial charge in [-0.3, -0.25) is 0 Å². The van der Waals surface area contributed by atoms with Crippen LogP contribution >= 0.6 is 0 Å². The number of hydrogen-bond donors (Lipinski definition) is 0. The van der Waals surface area contributed by atoms with Gasteiger partial charge in [-0.25, -0.2) is 0 Å². The highest BCUT2D eigenvalue weighted by molar-refractivity contribution is 7.00. The lowest BCUT2D eigenvalue weighted by Gasteiger charge is -2.45. The average Bonchev–Trinajstić information content (AvgIpc) is 3.13. The summed E-state index contributed by atoms with van der Waals surface area (Å²) < 4.78 is 0. The van der Waals surface area contributed by atoms with Crippen LogP contribution in [0.4, 0.5) is 34.1 Å². The zero-order valence-electron chi connectivity index (χ0n) is 44.6. The van der Waals surface area contributed by atoms with Crippen molar-refractivity contribution in [1.29, 1.82) is 0 Å². The smallest absolute Gasteiger partial charge is 0.252 e. The van der Waals surface area contributed by atoms with Crippen LogP contribution in [0.15, 0.2) is 322 Å². The van der Waals surface area contributed by atoms with Gasteiger partial charge in [0, 0.05) is 34.1 Å². The van der Waals surface area contributed by atoms with Crippen molar-refractivity contribution >= 4 is 57.2 Å². The Morgan fingerprint density at radius 2 is 0.432 bits per heavy atom. The molecule has 2 heterocycles. The molecule has 2 aliphatic rings. The number of hydrogen-bond acceptors (Lipinski definition) is 2. The Balaban J connectivity index is 1.07. The second-order valence-corrected chi connectivity index (χ2v) is 21.1. The van der Waals surface area contributed by atoms with Crippen LogP contribution in [0.1, 0.15) is 0 Å². The van der Waals surface area contributed by atoms with E-state index in [0.29, 0.717) is 0 Å². The molecule has 378 valence electrons. The quantitative estimate of drug-likeness (QED) is 0.126. The fourth-order valence-corrected chi connectivity index (χ4v) is 12.8. The lowest BCUT2D eigenvalue weighted by atomic mass is 9.33. The molecule has 3 heteroatoms. The van der Waals surface area contributed by atoms with E-state index in [1.54, 1.807) is 0 Å². The molecular formula is C78H53BN2. The number of fused-ring (bicyclic) bond motifs is 4. The molecule has 13 aromatic rings. The van der Waals surface area contributed by atoms with Gasteiger partial charge in [-0.2, -0.15) is 0 Å². The monoisotopic (exact) mass is 1030 g/mol. The van der Waals surface area contributed by atoms with Crippen molar-refractivity contribution in [2.45, 2.75) is 0 Å². The van der Waals surface area contributed by atoms with Crippen LogP contribution in [0, 0.1) is 0 Å². The summed E-state index contributed by atoms with van der Waals surface area (Å²) in [7, 11) is 0. The van der Waals surface area contributed by atoms with Crippen LogP contribution in [0.5, 0.6) is 0 Å². The number of anilines is 6. The third-order valence-corrected chi connectivity index (χ3v) is 16.5. The highest BCUT2D eigenvalue weighted by Crippen LogP contribution is 2.50. The second-order valence-electron chi connectivity index (χ2n) is 21.1. The third-order valence-electron chi connectivity index (χ3n) is 16.5. The lowest BCUT2D eigenvalue weighted by Crippen LogP contribution is -2.61. The molecule has 15 rings (SSSR count). The van der Waals surface area contributed by atoms with E-state index in [1.807, 2.05) is 0 Å². The molecule has 0 bridgehead atoms. The molecule has 13 aromatic carbocycles. The first kappa shape index (κ1) is 47.7. The molecule has 0 unspecified atom stereocenters. The summed E-state index contributed by atoms with van der Waals surface area (Å²) in [5.74, 6) is 0. The molecule has 0 atom stereocenters. The van der Waals surface area contributed by atoms with Crippen LogP contribution in [-0.4, -0.2) is 6.71 Å². The van der Waals surface area contributed by atoms with Crippen molar-refractivity contribution in [2.24, 2.45) is 0 Å².